The fraction of sp³-hybridized carbons (Fsp3) is 0.529. The first-order chi connectivity index (χ1) is 9.25. The molecule has 0 fully saturated rings. The van der Waals surface area contributed by atoms with Gasteiger partial charge < -0.3 is 4.57 Å². The number of aromatic nitrogens is 1. The summed E-state index contributed by atoms with van der Waals surface area (Å²) in [5, 5.41) is 5.10. The highest BCUT2D eigenvalue weighted by atomic mass is 15.2. The molecule has 0 saturated heterocycles. The van der Waals surface area contributed by atoms with Crippen LogP contribution < -0.4 is 5.32 Å². The predicted octanol–water partition coefficient (Wildman–Crippen LogP) is 3.75. The Bertz CT molecular complexity index is 634. The van der Waals surface area contributed by atoms with E-state index in [1.165, 1.54) is 42.3 Å². The quantitative estimate of drug-likeness (QED) is 0.820. The molecule has 0 saturated carbocycles. The second-order valence-corrected chi connectivity index (χ2v) is 6.42. The lowest BCUT2D eigenvalue weighted by Gasteiger charge is -2.30. The maximum atomic E-state index is 3.58. The first-order valence-electron chi connectivity index (χ1n) is 7.61. The SMILES string of the molecule is CC(C)c1ccc2c(c1)c1c3n2CNCC3CCC1. The third kappa shape index (κ3) is 1.59. The van der Waals surface area contributed by atoms with Crippen LogP contribution in [0.4, 0.5) is 0 Å². The van der Waals surface area contributed by atoms with Gasteiger partial charge in [0.25, 0.3) is 0 Å². The van der Waals surface area contributed by atoms with Crippen molar-refractivity contribution in [2.24, 2.45) is 0 Å². The molecule has 1 aliphatic heterocycles. The second kappa shape index (κ2) is 4.11. The molecule has 2 aliphatic rings. The van der Waals surface area contributed by atoms with Gasteiger partial charge in [-0.2, -0.15) is 0 Å². The third-order valence-corrected chi connectivity index (χ3v) is 4.93. The molecule has 1 atom stereocenters. The monoisotopic (exact) mass is 254 g/mol. The summed E-state index contributed by atoms with van der Waals surface area (Å²) in [6.07, 6.45) is 3.98. The Morgan fingerprint density at radius 1 is 1.32 bits per heavy atom. The molecular weight excluding hydrogens is 232 g/mol. The highest BCUT2D eigenvalue weighted by molar-refractivity contribution is 5.87. The summed E-state index contributed by atoms with van der Waals surface area (Å²) in [5.74, 6) is 1.36. The highest BCUT2D eigenvalue weighted by Gasteiger charge is 2.29. The molecule has 0 radical (unpaired) electrons. The molecule has 2 nitrogen and oxygen atoms in total. The van der Waals surface area contributed by atoms with Crippen molar-refractivity contribution in [3.63, 3.8) is 0 Å². The molecule has 1 aromatic heterocycles. The van der Waals surface area contributed by atoms with Gasteiger partial charge in [-0.3, -0.25) is 5.32 Å². The van der Waals surface area contributed by atoms with Crippen LogP contribution in [0.2, 0.25) is 0 Å². The van der Waals surface area contributed by atoms with E-state index >= 15 is 0 Å². The number of aryl methyl sites for hydroxylation is 1. The number of nitrogens with one attached hydrogen (secondary N) is 1. The average Bonchev–Trinajstić information content (AvgIpc) is 2.76. The molecule has 2 heteroatoms. The molecule has 0 amide bonds. The van der Waals surface area contributed by atoms with E-state index in [0.29, 0.717) is 5.92 Å². The summed E-state index contributed by atoms with van der Waals surface area (Å²) in [6.45, 7) is 6.73. The molecule has 100 valence electrons. The fourth-order valence-corrected chi connectivity index (χ4v) is 3.93. The zero-order chi connectivity index (χ0) is 13.0. The first-order valence-corrected chi connectivity index (χ1v) is 7.61. The van der Waals surface area contributed by atoms with E-state index in [4.69, 9.17) is 0 Å². The number of nitrogens with zero attached hydrogens (tertiary/aromatic N) is 1. The molecule has 1 aliphatic carbocycles. The Morgan fingerprint density at radius 3 is 3.05 bits per heavy atom. The van der Waals surface area contributed by atoms with Crippen LogP contribution in [0.15, 0.2) is 18.2 Å². The van der Waals surface area contributed by atoms with Crippen LogP contribution in [0.5, 0.6) is 0 Å². The van der Waals surface area contributed by atoms with Gasteiger partial charge in [0, 0.05) is 29.1 Å². The summed E-state index contributed by atoms with van der Waals surface area (Å²) in [7, 11) is 0. The minimum Gasteiger partial charge on any atom is -0.331 e. The van der Waals surface area contributed by atoms with E-state index in [2.05, 4.69) is 41.9 Å². The zero-order valence-electron chi connectivity index (χ0n) is 11.9. The summed E-state index contributed by atoms with van der Waals surface area (Å²) >= 11 is 0. The van der Waals surface area contributed by atoms with Crippen LogP contribution in [-0.4, -0.2) is 11.1 Å². The van der Waals surface area contributed by atoms with Gasteiger partial charge in [-0.15, -0.1) is 0 Å². The lowest BCUT2D eigenvalue weighted by atomic mass is 9.85. The minimum absolute atomic E-state index is 0.617. The van der Waals surface area contributed by atoms with Crippen LogP contribution in [0.1, 0.15) is 55.3 Å². The average molecular weight is 254 g/mol. The number of hydrogen-bond donors (Lipinski definition) is 1. The van der Waals surface area contributed by atoms with E-state index in [9.17, 15) is 0 Å². The molecule has 2 heterocycles. The number of hydrogen-bond acceptors (Lipinski definition) is 1. The Labute approximate surface area is 114 Å². The van der Waals surface area contributed by atoms with Crippen molar-refractivity contribution >= 4 is 10.9 Å². The molecule has 2 aromatic rings. The molecule has 4 rings (SSSR count). The molecule has 0 spiro atoms. The number of rotatable bonds is 1. The largest absolute Gasteiger partial charge is 0.331 e. The lowest BCUT2D eigenvalue weighted by molar-refractivity contribution is 0.402. The molecule has 0 bridgehead atoms. The van der Waals surface area contributed by atoms with E-state index in [-0.39, 0.29) is 0 Å². The van der Waals surface area contributed by atoms with Crippen molar-refractivity contribution < 1.29 is 0 Å². The molecular formula is C17H22N2. The molecule has 1 aromatic carbocycles. The van der Waals surface area contributed by atoms with Crippen LogP contribution in [0.3, 0.4) is 0 Å². The van der Waals surface area contributed by atoms with Crippen molar-refractivity contribution in [3.8, 4) is 0 Å². The molecule has 19 heavy (non-hydrogen) atoms. The van der Waals surface area contributed by atoms with Crippen molar-refractivity contribution in [1.29, 1.82) is 0 Å². The van der Waals surface area contributed by atoms with Gasteiger partial charge in [0.05, 0.1) is 6.67 Å². The highest BCUT2D eigenvalue weighted by Crippen LogP contribution is 2.40. The molecule has 1 N–H and O–H groups in total. The van der Waals surface area contributed by atoms with E-state index in [1.54, 1.807) is 11.3 Å². The summed E-state index contributed by atoms with van der Waals surface area (Å²) < 4.78 is 2.53. The van der Waals surface area contributed by atoms with Gasteiger partial charge in [0.15, 0.2) is 0 Å². The Hall–Kier alpha value is -1.28. The summed E-state index contributed by atoms with van der Waals surface area (Å²) in [6, 6.07) is 7.10. The van der Waals surface area contributed by atoms with Gasteiger partial charge in [0.1, 0.15) is 0 Å². The van der Waals surface area contributed by atoms with Gasteiger partial charge in [-0.25, -0.2) is 0 Å². The molecule has 1 unspecified atom stereocenters. The van der Waals surface area contributed by atoms with Gasteiger partial charge >= 0.3 is 0 Å². The maximum Gasteiger partial charge on any atom is 0.0729 e. The Balaban J connectivity index is 2.02. The number of benzene rings is 1. The van der Waals surface area contributed by atoms with Crippen molar-refractivity contribution in [1.82, 2.24) is 9.88 Å². The van der Waals surface area contributed by atoms with Gasteiger partial charge in [-0.1, -0.05) is 19.9 Å². The van der Waals surface area contributed by atoms with E-state index < -0.39 is 0 Å². The summed E-state index contributed by atoms with van der Waals surface area (Å²) in [4.78, 5) is 0. The smallest absolute Gasteiger partial charge is 0.0729 e. The van der Waals surface area contributed by atoms with Crippen molar-refractivity contribution in [2.45, 2.75) is 51.6 Å². The van der Waals surface area contributed by atoms with E-state index in [0.717, 1.165) is 12.6 Å². The van der Waals surface area contributed by atoms with Crippen LogP contribution in [0.25, 0.3) is 10.9 Å². The predicted molar refractivity (Wildman–Crippen MR) is 79.7 cm³/mol. The zero-order valence-corrected chi connectivity index (χ0v) is 11.9. The van der Waals surface area contributed by atoms with Crippen molar-refractivity contribution in [3.05, 3.63) is 35.0 Å². The van der Waals surface area contributed by atoms with Crippen LogP contribution in [0, 0.1) is 0 Å². The van der Waals surface area contributed by atoms with Crippen molar-refractivity contribution in [2.75, 3.05) is 6.54 Å². The number of fused-ring (bicyclic) bond motifs is 3. The van der Waals surface area contributed by atoms with Crippen LogP contribution in [-0.2, 0) is 13.1 Å². The van der Waals surface area contributed by atoms with Gasteiger partial charge in [-0.05, 0) is 48.4 Å². The first kappa shape index (κ1) is 11.5. The minimum atomic E-state index is 0.617. The summed E-state index contributed by atoms with van der Waals surface area (Å²) in [5.41, 5.74) is 6.20. The third-order valence-electron chi connectivity index (χ3n) is 4.93. The van der Waals surface area contributed by atoms with Gasteiger partial charge in [0.2, 0.25) is 0 Å². The standard InChI is InChI=1S/C17H22N2/c1-11(2)12-6-7-16-15(8-12)14-5-3-4-13-9-18-10-19(16)17(13)14/h6-8,11,13,18H,3-5,9-10H2,1-2H3. The maximum absolute atomic E-state index is 3.58. The second-order valence-electron chi connectivity index (χ2n) is 6.42. The topological polar surface area (TPSA) is 17.0 Å². The Kier molecular flexibility index (Phi) is 2.49. The van der Waals surface area contributed by atoms with Crippen LogP contribution >= 0.6 is 0 Å². The lowest BCUT2D eigenvalue weighted by Crippen LogP contribution is -2.34. The fourth-order valence-electron chi connectivity index (χ4n) is 3.93. The Morgan fingerprint density at radius 2 is 2.21 bits per heavy atom. The normalized spacial score (nSPS) is 21.9. The van der Waals surface area contributed by atoms with E-state index in [1.807, 2.05) is 0 Å².